The van der Waals surface area contributed by atoms with Gasteiger partial charge < -0.3 is 0 Å². The Morgan fingerprint density at radius 1 is 1.29 bits per heavy atom. The van der Waals surface area contributed by atoms with E-state index in [9.17, 15) is 13.6 Å². The van der Waals surface area contributed by atoms with Crippen LogP contribution in [0, 0.1) is 0 Å². The molecule has 0 heterocycles. The summed E-state index contributed by atoms with van der Waals surface area (Å²) in [4.78, 5) is 12.9. The van der Waals surface area contributed by atoms with Gasteiger partial charge in [-0.1, -0.05) is 23.7 Å². The minimum Gasteiger partial charge on any atom is -0.211 e. The van der Waals surface area contributed by atoms with Crippen LogP contribution in [0.4, 0.5) is 8.78 Å². The van der Waals surface area contributed by atoms with Crippen molar-refractivity contribution in [2.75, 3.05) is 0 Å². The molecule has 2 nitrogen and oxygen atoms in total. The first-order valence-electron chi connectivity index (χ1n) is 3.75. The van der Waals surface area contributed by atoms with Gasteiger partial charge in [-0.2, -0.15) is 4.99 Å². The molecule has 1 aromatic rings. The Labute approximate surface area is 84.2 Å². The van der Waals surface area contributed by atoms with Crippen LogP contribution in [0.25, 0.3) is 0 Å². The molecule has 0 aliphatic heterocycles. The Hall–Kier alpha value is -1.25. The van der Waals surface area contributed by atoms with E-state index in [4.69, 9.17) is 11.6 Å². The van der Waals surface area contributed by atoms with Gasteiger partial charge in [-0.05, 0) is 17.7 Å². The topological polar surface area (TPSA) is 29.4 Å². The van der Waals surface area contributed by atoms with Crippen molar-refractivity contribution in [2.24, 2.45) is 4.99 Å². The molecule has 0 aliphatic carbocycles. The van der Waals surface area contributed by atoms with Gasteiger partial charge in [-0.25, -0.2) is 13.6 Å². The van der Waals surface area contributed by atoms with Gasteiger partial charge >= 0.3 is 0 Å². The van der Waals surface area contributed by atoms with Crippen LogP contribution in [-0.4, -0.2) is 12.5 Å². The average molecular weight is 218 g/mol. The first kappa shape index (κ1) is 10.8. The number of hydrogen-bond donors (Lipinski definition) is 0. The van der Waals surface area contributed by atoms with Crippen molar-refractivity contribution in [1.29, 1.82) is 0 Å². The Morgan fingerprint density at radius 2 is 1.86 bits per heavy atom. The average Bonchev–Trinajstić information content (AvgIpc) is 2.15. The maximum absolute atomic E-state index is 12.4. The van der Waals surface area contributed by atoms with Gasteiger partial charge in [0.1, 0.15) is 6.04 Å². The molecule has 0 spiro atoms. The smallest absolute Gasteiger partial charge is 0.211 e. The molecule has 1 unspecified atom stereocenters. The molecule has 1 rings (SSSR count). The third kappa shape index (κ3) is 2.62. The first-order chi connectivity index (χ1) is 6.65. The quantitative estimate of drug-likeness (QED) is 0.565. The molecule has 0 saturated carbocycles. The second kappa shape index (κ2) is 4.84. The second-order valence-electron chi connectivity index (χ2n) is 2.55. The molecular weight excluding hydrogens is 212 g/mol. The number of halogens is 3. The number of aliphatic imine (C=N–C) groups is 1. The van der Waals surface area contributed by atoms with Crippen LogP contribution in [-0.2, 0) is 4.79 Å². The molecule has 5 heteroatoms. The summed E-state index contributed by atoms with van der Waals surface area (Å²) in [5.41, 5.74) is 0.243. The molecule has 1 aromatic carbocycles. The molecule has 0 bridgehead atoms. The highest BCUT2D eigenvalue weighted by Gasteiger charge is 2.21. The molecule has 0 amide bonds. The number of hydrogen-bond acceptors (Lipinski definition) is 2. The number of isocyanates is 1. The minimum absolute atomic E-state index is 0.243. The van der Waals surface area contributed by atoms with Gasteiger partial charge in [-0.15, -0.1) is 0 Å². The fraction of sp³-hybridized carbons (Fsp3) is 0.222. The van der Waals surface area contributed by atoms with E-state index in [2.05, 4.69) is 4.99 Å². The minimum atomic E-state index is -2.72. The maximum atomic E-state index is 12.4. The molecule has 1 atom stereocenters. The lowest BCUT2D eigenvalue weighted by molar-refractivity contribution is 0.117. The highest BCUT2D eigenvalue weighted by molar-refractivity contribution is 6.30. The monoisotopic (exact) mass is 217 g/mol. The van der Waals surface area contributed by atoms with Crippen LogP contribution in [0.1, 0.15) is 11.6 Å². The molecule has 0 radical (unpaired) electrons. The predicted molar refractivity (Wildman–Crippen MR) is 48.3 cm³/mol. The highest BCUT2D eigenvalue weighted by Crippen LogP contribution is 2.25. The summed E-state index contributed by atoms with van der Waals surface area (Å²) in [6, 6.07) is 4.28. The highest BCUT2D eigenvalue weighted by atomic mass is 35.5. The SMILES string of the molecule is O=C=NC(c1ccc(Cl)cc1)C(F)F. The largest absolute Gasteiger partial charge is 0.265 e. The fourth-order valence-electron chi connectivity index (χ4n) is 0.993. The van der Waals surface area contributed by atoms with E-state index in [1.54, 1.807) is 0 Å². The molecule has 0 saturated heterocycles. The summed E-state index contributed by atoms with van der Waals surface area (Å²) in [6.45, 7) is 0. The van der Waals surface area contributed by atoms with Crippen LogP contribution in [0.2, 0.25) is 5.02 Å². The van der Waals surface area contributed by atoms with E-state index in [0.717, 1.165) is 6.08 Å². The van der Waals surface area contributed by atoms with Crippen molar-refractivity contribution >= 4 is 17.7 Å². The zero-order valence-electron chi connectivity index (χ0n) is 6.95. The second-order valence-corrected chi connectivity index (χ2v) is 2.99. The summed E-state index contributed by atoms with van der Waals surface area (Å²) >= 11 is 5.58. The third-order valence-corrected chi connectivity index (χ3v) is 1.89. The normalized spacial score (nSPS) is 12.3. The summed E-state index contributed by atoms with van der Waals surface area (Å²) in [7, 11) is 0. The molecule has 0 aliphatic rings. The summed E-state index contributed by atoms with van der Waals surface area (Å²) in [5, 5.41) is 0.442. The van der Waals surface area contributed by atoms with Crippen LogP contribution in [0.3, 0.4) is 0 Å². The van der Waals surface area contributed by atoms with Crippen molar-refractivity contribution in [3.63, 3.8) is 0 Å². The van der Waals surface area contributed by atoms with Gasteiger partial charge in [0.05, 0.1) is 0 Å². The van der Waals surface area contributed by atoms with Crippen molar-refractivity contribution < 1.29 is 13.6 Å². The zero-order chi connectivity index (χ0) is 10.6. The van der Waals surface area contributed by atoms with E-state index in [1.165, 1.54) is 24.3 Å². The standard InChI is InChI=1S/C9H6ClF2NO/c10-7-3-1-6(2-4-7)8(9(11)12)13-5-14/h1-4,8-9H. The Morgan fingerprint density at radius 3 is 2.29 bits per heavy atom. The molecule has 14 heavy (non-hydrogen) atoms. The Balaban J connectivity index is 2.99. The van der Waals surface area contributed by atoms with Gasteiger partial charge in [0.15, 0.2) is 0 Å². The summed E-state index contributed by atoms with van der Waals surface area (Å²) in [5.74, 6) is 0. The van der Waals surface area contributed by atoms with Crippen LogP contribution >= 0.6 is 11.6 Å². The van der Waals surface area contributed by atoms with Gasteiger partial charge in [0, 0.05) is 5.02 Å². The van der Waals surface area contributed by atoms with Crippen molar-refractivity contribution in [3.05, 3.63) is 34.9 Å². The Kier molecular flexibility index (Phi) is 3.74. The summed E-state index contributed by atoms with van der Waals surface area (Å²) < 4.78 is 24.7. The lowest BCUT2D eigenvalue weighted by Gasteiger charge is -2.09. The van der Waals surface area contributed by atoms with E-state index in [0.29, 0.717) is 5.02 Å². The van der Waals surface area contributed by atoms with Gasteiger partial charge in [-0.3, -0.25) is 0 Å². The zero-order valence-corrected chi connectivity index (χ0v) is 7.71. The van der Waals surface area contributed by atoms with E-state index in [-0.39, 0.29) is 5.56 Å². The lowest BCUT2D eigenvalue weighted by atomic mass is 10.1. The van der Waals surface area contributed by atoms with Crippen LogP contribution in [0.5, 0.6) is 0 Å². The number of nitrogens with zero attached hydrogens (tertiary/aromatic N) is 1. The van der Waals surface area contributed by atoms with Gasteiger partial charge in [0.2, 0.25) is 6.08 Å². The number of carbonyl (C=O) groups excluding carboxylic acids is 1. The number of alkyl halides is 2. The molecule has 0 fully saturated rings. The van der Waals surface area contributed by atoms with Crippen molar-refractivity contribution in [3.8, 4) is 0 Å². The van der Waals surface area contributed by atoms with Gasteiger partial charge in [0.25, 0.3) is 6.43 Å². The molecule has 0 aromatic heterocycles. The predicted octanol–water partition coefficient (Wildman–Crippen LogP) is 2.98. The van der Waals surface area contributed by atoms with E-state index < -0.39 is 12.5 Å². The first-order valence-corrected chi connectivity index (χ1v) is 4.13. The number of rotatable bonds is 3. The third-order valence-electron chi connectivity index (χ3n) is 1.64. The van der Waals surface area contributed by atoms with Crippen molar-refractivity contribution in [1.82, 2.24) is 0 Å². The fourth-order valence-corrected chi connectivity index (χ4v) is 1.12. The molecule has 74 valence electrons. The Bertz CT molecular complexity index is 346. The molecular formula is C9H6ClF2NO. The summed E-state index contributed by atoms with van der Waals surface area (Å²) in [6.07, 6.45) is -1.60. The van der Waals surface area contributed by atoms with E-state index >= 15 is 0 Å². The van der Waals surface area contributed by atoms with Crippen molar-refractivity contribution in [2.45, 2.75) is 12.5 Å². The molecule has 0 N–H and O–H groups in total. The van der Waals surface area contributed by atoms with Crippen LogP contribution < -0.4 is 0 Å². The maximum Gasteiger partial charge on any atom is 0.265 e. The van der Waals surface area contributed by atoms with E-state index in [1.807, 2.05) is 0 Å². The van der Waals surface area contributed by atoms with Crippen LogP contribution in [0.15, 0.2) is 29.3 Å². The number of benzene rings is 1. The lowest BCUT2D eigenvalue weighted by Crippen LogP contribution is -2.05.